The largest absolute Gasteiger partial charge is 0.508 e. The molecular weight excluding hydrogens is 554 g/mol. The number of piperidine rings is 1. The summed E-state index contributed by atoms with van der Waals surface area (Å²) in [5.74, 6) is -6.65. The second kappa shape index (κ2) is 12.1. The Morgan fingerprint density at radius 1 is 0.927 bits per heavy atom. The highest BCUT2D eigenvalue weighted by Gasteiger charge is 2.47. The summed E-state index contributed by atoms with van der Waals surface area (Å²) in [6, 6.07) is 13.6. The molecule has 0 bridgehead atoms. The van der Waals surface area contributed by atoms with Crippen molar-refractivity contribution >= 4 is 21.6 Å². The number of likely N-dealkylation sites (tertiary alicyclic amines) is 1. The zero-order valence-electron chi connectivity index (χ0n) is 22.9. The Kier molecular flexibility index (Phi) is 8.91. The van der Waals surface area contributed by atoms with Crippen molar-refractivity contribution < 1.29 is 37.0 Å². The third-order valence-corrected chi connectivity index (χ3v) is 8.98. The minimum absolute atomic E-state index is 0.0204. The molecule has 0 saturated carbocycles. The van der Waals surface area contributed by atoms with Gasteiger partial charge in [0.05, 0.1) is 6.26 Å². The second-order valence-corrected chi connectivity index (χ2v) is 12.6. The molecular formula is C30H32F2N2O6S. The predicted molar refractivity (Wildman–Crippen MR) is 150 cm³/mol. The molecule has 3 aromatic carbocycles. The van der Waals surface area contributed by atoms with Gasteiger partial charge in [0, 0.05) is 67.7 Å². The third-order valence-electron chi connectivity index (χ3n) is 7.66. The lowest BCUT2D eigenvalue weighted by Gasteiger charge is -2.43. The van der Waals surface area contributed by atoms with Crippen LogP contribution in [0, 0.1) is 30.4 Å². The molecule has 11 heteroatoms. The Balaban J connectivity index is 1.87. The Morgan fingerprint density at radius 2 is 1.44 bits per heavy atom. The Hall–Kier alpha value is -3.67. The number of Topliss-reactive ketones (excluding diaryl/α,β-unsaturated/α-hetero) is 2. The van der Waals surface area contributed by atoms with E-state index in [-0.39, 0.29) is 59.9 Å². The fourth-order valence-electron chi connectivity index (χ4n) is 5.39. The van der Waals surface area contributed by atoms with E-state index in [1.807, 2.05) is 0 Å². The maximum Gasteiger partial charge on any atom is 0.210 e. The van der Waals surface area contributed by atoms with Crippen LogP contribution in [-0.2, 0) is 10.0 Å². The van der Waals surface area contributed by atoms with Crippen molar-refractivity contribution in [2.45, 2.75) is 12.8 Å². The van der Waals surface area contributed by atoms with E-state index >= 15 is 8.78 Å². The molecule has 1 fully saturated rings. The number of halogens is 2. The summed E-state index contributed by atoms with van der Waals surface area (Å²) in [5, 5.41) is 20.1. The summed E-state index contributed by atoms with van der Waals surface area (Å²) in [6.45, 7) is 1.62. The van der Waals surface area contributed by atoms with Crippen LogP contribution in [0.25, 0.3) is 0 Å². The van der Waals surface area contributed by atoms with Gasteiger partial charge in [-0.3, -0.25) is 9.59 Å². The summed E-state index contributed by atoms with van der Waals surface area (Å²) in [5.41, 5.74) is -0.0279. The van der Waals surface area contributed by atoms with Crippen LogP contribution in [0.5, 0.6) is 11.5 Å². The number of aryl methyl sites for hydroxylation is 1. The number of carbonyl (C=O) groups is 2. The molecule has 0 aromatic heterocycles. The number of ketones is 2. The van der Waals surface area contributed by atoms with Crippen molar-refractivity contribution in [1.82, 2.24) is 9.21 Å². The van der Waals surface area contributed by atoms with Gasteiger partial charge in [-0.25, -0.2) is 21.5 Å². The molecule has 2 atom stereocenters. The van der Waals surface area contributed by atoms with E-state index in [4.69, 9.17) is 0 Å². The van der Waals surface area contributed by atoms with E-state index in [2.05, 4.69) is 0 Å². The number of carbonyl (C=O) groups excluding carboxylic acids is 2. The van der Waals surface area contributed by atoms with E-state index in [0.717, 1.165) is 16.6 Å². The van der Waals surface area contributed by atoms with Crippen LogP contribution >= 0.6 is 0 Å². The van der Waals surface area contributed by atoms with Gasteiger partial charge >= 0.3 is 0 Å². The molecule has 2 N–H and O–H groups in total. The molecule has 41 heavy (non-hydrogen) atoms. The van der Waals surface area contributed by atoms with E-state index in [1.165, 1.54) is 68.6 Å². The van der Waals surface area contributed by atoms with E-state index in [1.54, 1.807) is 4.90 Å². The van der Waals surface area contributed by atoms with E-state index in [9.17, 15) is 28.2 Å². The topological polar surface area (TPSA) is 115 Å². The molecule has 0 radical (unpaired) electrons. The average Bonchev–Trinajstić information content (AvgIpc) is 2.92. The van der Waals surface area contributed by atoms with Crippen molar-refractivity contribution in [3.05, 3.63) is 94.6 Å². The Labute approximate surface area is 237 Å². The molecule has 218 valence electrons. The molecule has 1 saturated heterocycles. The van der Waals surface area contributed by atoms with Crippen LogP contribution in [0.4, 0.5) is 8.78 Å². The molecule has 0 spiro atoms. The monoisotopic (exact) mass is 586 g/mol. The summed E-state index contributed by atoms with van der Waals surface area (Å²) in [4.78, 5) is 29.7. The lowest BCUT2D eigenvalue weighted by atomic mass is 9.68. The highest BCUT2D eigenvalue weighted by molar-refractivity contribution is 7.88. The lowest BCUT2D eigenvalue weighted by molar-refractivity contribution is 0.0556. The summed E-state index contributed by atoms with van der Waals surface area (Å²) < 4.78 is 56.3. The molecule has 0 amide bonds. The van der Waals surface area contributed by atoms with Crippen molar-refractivity contribution in [2.24, 2.45) is 11.8 Å². The molecule has 4 rings (SSSR count). The first-order valence-corrected chi connectivity index (χ1v) is 14.9. The quantitative estimate of drug-likeness (QED) is 0.365. The van der Waals surface area contributed by atoms with Crippen LogP contribution < -0.4 is 0 Å². The molecule has 1 aliphatic heterocycles. The van der Waals surface area contributed by atoms with Gasteiger partial charge in [0.2, 0.25) is 10.0 Å². The van der Waals surface area contributed by atoms with E-state index in [0.29, 0.717) is 0 Å². The SMILES string of the molecule is Cc1ccc(F)c(C2[C@@H](C(=O)c3cccc(O)c3)CN(CCN(C)S(C)(=O)=O)C[C@@H]2C(=O)c2cccc(O)c2)c1F. The smallest absolute Gasteiger partial charge is 0.210 e. The highest BCUT2D eigenvalue weighted by atomic mass is 32.2. The van der Waals surface area contributed by atoms with Crippen molar-refractivity contribution in [1.29, 1.82) is 0 Å². The van der Waals surface area contributed by atoms with Gasteiger partial charge in [0.1, 0.15) is 23.1 Å². The number of aromatic hydroxyl groups is 2. The molecule has 8 nitrogen and oxygen atoms in total. The van der Waals surface area contributed by atoms with Crippen LogP contribution in [0.3, 0.4) is 0 Å². The number of rotatable bonds is 9. The number of phenolic OH excluding ortho intramolecular Hbond substituents is 2. The first kappa shape index (κ1) is 30.3. The van der Waals surface area contributed by atoms with Crippen molar-refractivity contribution in [3.8, 4) is 11.5 Å². The molecule has 1 aliphatic rings. The summed E-state index contributed by atoms with van der Waals surface area (Å²) >= 11 is 0. The summed E-state index contributed by atoms with van der Waals surface area (Å²) in [7, 11) is -2.10. The normalized spacial score (nSPS) is 18.5. The molecule has 1 heterocycles. The highest BCUT2D eigenvalue weighted by Crippen LogP contribution is 2.43. The second-order valence-electron chi connectivity index (χ2n) is 10.5. The zero-order valence-corrected chi connectivity index (χ0v) is 23.7. The number of nitrogens with zero attached hydrogens (tertiary/aromatic N) is 2. The van der Waals surface area contributed by atoms with Gasteiger partial charge in [-0.2, -0.15) is 0 Å². The number of hydrogen-bond donors (Lipinski definition) is 2. The Bertz CT molecular complexity index is 1510. The first-order valence-electron chi connectivity index (χ1n) is 13.0. The standard InChI is InChI=1S/C30H32F2N2O6S/c1-18-10-11-25(31)27(28(18)32)26-23(29(37)19-6-4-8-21(35)14-19)16-34(13-12-33(2)41(3,39)40)17-24(26)30(38)20-7-5-9-22(36)15-20/h4-11,14-15,23-24,26,35-36H,12-13,16-17H2,1-3H3/t23-,24-/m0/s1. The average molecular weight is 587 g/mol. The lowest BCUT2D eigenvalue weighted by Crippen LogP contribution is -2.52. The van der Waals surface area contributed by atoms with Gasteiger partial charge < -0.3 is 15.1 Å². The van der Waals surface area contributed by atoms with Gasteiger partial charge in [0.15, 0.2) is 11.6 Å². The van der Waals surface area contributed by atoms with Crippen molar-refractivity contribution in [2.75, 3.05) is 39.5 Å². The van der Waals surface area contributed by atoms with Crippen LogP contribution in [0.2, 0.25) is 0 Å². The number of hydrogen-bond acceptors (Lipinski definition) is 7. The molecule has 3 aromatic rings. The maximum absolute atomic E-state index is 15.7. The number of phenols is 2. The van der Waals surface area contributed by atoms with Crippen LogP contribution in [-0.4, -0.2) is 78.9 Å². The van der Waals surface area contributed by atoms with Gasteiger partial charge in [-0.05, 0) is 42.8 Å². The third kappa shape index (κ3) is 6.64. The Morgan fingerprint density at radius 3 is 1.90 bits per heavy atom. The number of benzene rings is 3. The minimum Gasteiger partial charge on any atom is -0.508 e. The van der Waals surface area contributed by atoms with Crippen LogP contribution in [0.15, 0.2) is 60.7 Å². The maximum atomic E-state index is 15.7. The zero-order chi connectivity index (χ0) is 30.1. The molecule has 0 aliphatic carbocycles. The van der Waals surface area contributed by atoms with Crippen LogP contribution in [0.1, 0.15) is 37.8 Å². The fraction of sp³-hybridized carbons (Fsp3) is 0.333. The fourth-order valence-corrected chi connectivity index (χ4v) is 5.81. The van der Waals surface area contributed by atoms with Gasteiger partial charge in [-0.1, -0.05) is 30.3 Å². The minimum atomic E-state index is -3.51. The van der Waals surface area contributed by atoms with Crippen molar-refractivity contribution in [3.63, 3.8) is 0 Å². The van der Waals surface area contributed by atoms with Gasteiger partial charge in [0.25, 0.3) is 0 Å². The predicted octanol–water partition coefficient (Wildman–Crippen LogP) is 3.97. The number of sulfonamides is 1. The molecule has 0 unspecified atom stereocenters. The summed E-state index contributed by atoms with van der Waals surface area (Å²) in [6.07, 6.45) is 1.06. The first-order chi connectivity index (χ1) is 19.3. The van der Waals surface area contributed by atoms with E-state index < -0.39 is 51.0 Å². The van der Waals surface area contributed by atoms with Gasteiger partial charge in [-0.15, -0.1) is 0 Å². The number of likely N-dealkylation sites (N-methyl/N-ethyl adjacent to an activating group) is 1.